The van der Waals surface area contributed by atoms with E-state index in [1.165, 1.54) is 11.8 Å². The van der Waals surface area contributed by atoms with Crippen LogP contribution in [-0.2, 0) is 10.5 Å². The van der Waals surface area contributed by atoms with Crippen LogP contribution >= 0.6 is 23.4 Å². The van der Waals surface area contributed by atoms with Crippen LogP contribution in [0.2, 0.25) is 5.02 Å². The number of carbonyl (C=O) groups is 1. The lowest BCUT2D eigenvalue weighted by Gasteiger charge is -2.33. The van der Waals surface area contributed by atoms with Crippen LogP contribution in [0, 0.1) is 0 Å². The van der Waals surface area contributed by atoms with E-state index >= 15 is 0 Å². The highest BCUT2D eigenvalue weighted by molar-refractivity contribution is 7.98. The minimum atomic E-state index is -0.436. The number of ketones is 1. The van der Waals surface area contributed by atoms with Crippen LogP contribution < -0.4 is 15.8 Å². The summed E-state index contributed by atoms with van der Waals surface area (Å²) in [7, 11) is 0. The van der Waals surface area contributed by atoms with Crippen LogP contribution in [-0.4, -0.2) is 28.8 Å². The molecule has 0 saturated carbocycles. The van der Waals surface area contributed by atoms with Gasteiger partial charge in [-0.25, -0.2) is 4.98 Å². The first kappa shape index (κ1) is 24.7. The molecule has 1 atom stereocenters. The third kappa shape index (κ3) is 4.70. The quantitative estimate of drug-likeness (QED) is 0.288. The molecule has 1 aliphatic heterocycles. The first-order valence-corrected chi connectivity index (χ1v) is 13.7. The standard InChI is InChI=1S/C28H29ClN4O2S/c1-3-33(4-2)19-14-12-17(13-15-19)23-24-21(10-7-11-22(24)34)30-26-25(23)27(35)32-28(31-26)36-16-18-8-5-6-9-20(18)29/h5-6,8-9,12-15,23H,3-4,7,10-11,16H2,1-2H3,(H2,30,31,32,35)/t23-/m1/s1. The highest BCUT2D eigenvalue weighted by Gasteiger charge is 2.37. The summed E-state index contributed by atoms with van der Waals surface area (Å²) in [6.45, 7) is 6.09. The summed E-state index contributed by atoms with van der Waals surface area (Å²) in [5, 5.41) is 4.56. The number of aromatic amines is 1. The summed E-state index contributed by atoms with van der Waals surface area (Å²) in [6.07, 6.45) is 2.07. The summed E-state index contributed by atoms with van der Waals surface area (Å²) < 4.78 is 0. The molecule has 0 unspecified atom stereocenters. The van der Waals surface area contributed by atoms with Crippen molar-refractivity contribution in [2.45, 2.75) is 49.9 Å². The van der Waals surface area contributed by atoms with E-state index in [0.717, 1.165) is 48.4 Å². The summed E-state index contributed by atoms with van der Waals surface area (Å²) in [5.74, 6) is 0.786. The van der Waals surface area contributed by atoms with Crippen molar-refractivity contribution in [2.75, 3.05) is 23.3 Å². The maximum Gasteiger partial charge on any atom is 0.257 e. The van der Waals surface area contributed by atoms with E-state index in [-0.39, 0.29) is 11.3 Å². The van der Waals surface area contributed by atoms with Crippen LogP contribution in [0.15, 0.2) is 69.8 Å². The molecule has 186 valence electrons. The summed E-state index contributed by atoms with van der Waals surface area (Å²) in [5.41, 5.74) is 4.90. The predicted octanol–water partition coefficient (Wildman–Crippen LogP) is 6.13. The van der Waals surface area contributed by atoms with E-state index < -0.39 is 5.92 Å². The average molecular weight is 521 g/mol. The zero-order valence-electron chi connectivity index (χ0n) is 20.4. The molecule has 2 N–H and O–H groups in total. The number of aromatic nitrogens is 2. The van der Waals surface area contributed by atoms with Crippen molar-refractivity contribution >= 4 is 40.7 Å². The smallest absolute Gasteiger partial charge is 0.257 e. The number of rotatable bonds is 7. The van der Waals surface area contributed by atoms with Gasteiger partial charge in [-0.15, -0.1) is 0 Å². The summed E-state index contributed by atoms with van der Waals surface area (Å²) in [6, 6.07) is 15.9. The number of anilines is 2. The van der Waals surface area contributed by atoms with Crippen molar-refractivity contribution in [3.63, 3.8) is 0 Å². The van der Waals surface area contributed by atoms with E-state index in [1.54, 1.807) is 0 Å². The van der Waals surface area contributed by atoms with Gasteiger partial charge in [-0.3, -0.25) is 9.59 Å². The summed E-state index contributed by atoms with van der Waals surface area (Å²) >= 11 is 7.74. The number of thioether (sulfide) groups is 1. The minimum absolute atomic E-state index is 0.101. The Labute approximate surface area is 220 Å². The monoisotopic (exact) mass is 520 g/mol. The molecular formula is C28H29ClN4O2S. The highest BCUT2D eigenvalue weighted by atomic mass is 35.5. The van der Waals surface area contributed by atoms with Gasteiger partial charge in [-0.05, 0) is 56.0 Å². The zero-order valence-corrected chi connectivity index (χ0v) is 22.0. The zero-order chi connectivity index (χ0) is 25.2. The van der Waals surface area contributed by atoms with Gasteiger partial charge in [0.1, 0.15) is 5.82 Å². The maximum atomic E-state index is 13.5. The van der Waals surface area contributed by atoms with E-state index in [4.69, 9.17) is 16.6 Å². The number of benzene rings is 2. The second-order valence-electron chi connectivity index (χ2n) is 9.00. The molecule has 0 bridgehead atoms. The number of hydrogen-bond acceptors (Lipinski definition) is 6. The van der Waals surface area contributed by atoms with Crippen molar-refractivity contribution in [3.05, 3.63) is 91.9 Å². The Kier molecular flexibility index (Phi) is 7.21. The highest BCUT2D eigenvalue weighted by Crippen LogP contribution is 2.43. The van der Waals surface area contributed by atoms with Gasteiger partial charge in [0.15, 0.2) is 10.9 Å². The van der Waals surface area contributed by atoms with E-state index in [0.29, 0.717) is 39.3 Å². The fraction of sp³-hybridized carbons (Fsp3) is 0.321. The molecule has 5 rings (SSSR count). The average Bonchev–Trinajstić information content (AvgIpc) is 2.88. The van der Waals surface area contributed by atoms with Crippen molar-refractivity contribution in [3.8, 4) is 0 Å². The molecule has 3 aromatic rings. The van der Waals surface area contributed by atoms with Crippen LogP contribution in [0.3, 0.4) is 0 Å². The molecule has 0 saturated heterocycles. The molecule has 6 nitrogen and oxygen atoms in total. The van der Waals surface area contributed by atoms with Gasteiger partial charge < -0.3 is 15.2 Å². The van der Waals surface area contributed by atoms with Gasteiger partial charge in [0.25, 0.3) is 5.56 Å². The SMILES string of the molecule is CCN(CC)c1ccc([C@@H]2C3=C(CCCC3=O)Nc3nc(SCc4ccccc4Cl)[nH]c(=O)c32)cc1. The topological polar surface area (TPSA) is 78.1 Å². The van der Waals surface area contributed by atoms with Gasteiger partial charge in [0, 0.05) is 53.2 Å². The third-order valence-corrected chi connectivity index (χ3v) is 8.20. The normalized spacial score (nSPS) is 16.9. The number of carbonyl (C=O) groups excluding carboxylic acids is 1. The Morgan fingerprint density at radius 1 is 1.06 bits per heavy atom. The first-order chi connectivity index (χ1) is 17.5. The van der Waals surface area contributed by atoms with Gasteiger partial charge in [0.05, 0.1) is 5.56 Å². The van der Waals surface area contributed by atoms with Gasteiger partial charge in [0.2, 0.25) is 0 Å². The van der Waals surface area contributed by atoms with Crippen molar-refractivity contribution in [1.29, 1.82) is 0 Å². The number of halogens is 1. The Balaban J connectivity index is 1.54. The number of allylic oxidation sites excluding steroid dienone is 2. The van der Waals surface area contributed by atoms with Gasteiger partial charge >= 0.3 is 0 Å². The lowest BCUT2D eigenvalue weighted by molar-refractivity contribution is -0.116. The molecule has 8 heteroatoms. The van der Waals surface area contributed by atoms with E-state index in [1.807, 2.05) is 36.4 Å². The minimum Gasteiger partial charge on any atom is -0.372 e. The predicted molar refractivity (Wildman–Crippen MR) is 147 cm³/mol. The molecule has 36 heavy (non-hydrogen) atoms. The Morgan fingerprint density at radius 2 is 1.81 bits per heavy atom. The molecule has 0 spiro atoms. The summed E-state index contributed by atoms with van der Waals surface area (Å²) in [4.78, 5) is 36.6. The molecule has 2 heterocycles. The van der Waals surface area contributed by atoms with Gasteiger partial charge in [-0.1, -0.05) is 53.7 Å². The molecule has 0 radical (unpaired) electrons. The van der Waals surface area contributed by atoms with Crippen LogP contribution in [0.5, 0.6) is 0 Å². The Hall–Kier alpha value is -3.03. The lowest BCUT2D eigenvalue weighted by Crippen LogP contribution is -2.32. The molecule has 2 aliphatic rings. The number of nitrogens with one attached hydrogen (secondary N) is 2. The van der Waals surface area contributed by atoms with Crippen LogP contribution in [0.4, 0.5) is 11.5 Å². The van der Waals surface area contributed by atoms with E-state index in [9.17, 15) is 9.59 Å². The van der Waals surface area contributed by atoms with Crippen molar-refractivity contribution in [1.82, 2.24) is 9.97 Å². The number of hydrogen-bond donors (Lipinski definition) is 2. The van der Waals surface area contributed by atoms with Gasteiger partial charge in [-0.2, -0.15) is 0 Å². The Bertz CT molecular complexity index is 1380. The fourth-order valence-electron chi connectivity index (χ4n) is 5.07. The number of nitrogens with zero attached hydrogens (tertiary/aromatic N) is 2. The number of fused-ring (bicyclic) bond motifs is 1. The molecule has 2 aromatic carbocycles. The second kappa shape index (κ2) is 10.5. The molecule has 1 aromatic heterocycles. The third-order valence-electron chi connectivity index (χ3n) is 6.91. The fourth-order valence-corrected chi connectivity index (χ4v) is 6.22. The molecular weight excluding hydrogens is 492 g/mol. The molecule has 0 amide bonds. The molecule has 0 fully saturated rings. The van der Waals surface area contributed by atoms with E-state index in [2.05, 4.69) is 41.2 Å². The number of Topliss-reactive ketones (excluding diaryl/α,β-unsaturated/α-hetero) is 1. The Morgan fingerprint density at radius 3 is 2.53 bits per heavy atom. The van der Waals surface area contributed by atoms with Crippen LogP contribution in [0.1, 0.15) is 55.7 Å². The van der Waals surface area contributed by atoms with Crippen molar-refractivity contribution < 1.29 is 4.79 Å². The number of H-pyrrole nitrogens is 1. The van der Waals surface area contributed by atoms with Crippen molar-refractivity contribution in [2.24, 2.45) is 0 Å². The molecule has 1 aliphatic carbocycles. The largest absolute Gasteiger partial charge is 0.372 e. The maximum absolute atomic E-state index is 13.5. The van der Waals surface area contributed by atoms with Crippen LogP contribution in [0.25, 0.3) is 0 Å². The first-order valence-electron chi connectivity index (χ1n) is 12.4. The second-order valence-corrected chi connectivity index (χ2v) is 10.4. The lowest BCUT2D eigenvalue weighted by atomic mass is 9.76.